The first-order valence-electron chi connectivity index (χ1n) is 12.5. The molecule has 0 spiro atoms. The minimum Gasteiger partial charge on any atom is -0.492 e. The van der Waals surface area contributed by atoms with Crippen LogP contribution in [0.4, 0.5) is 11.4 Å². The van der Waals surface area contributed by atoms with Gasteiger partial charge in [0.1, 0.15) is 22.8 Å². The number of fused-ring (bicyclic) bond motifs is 1. The average Bonchev–Trinajstić information content (AvgIpc) is 3.38. The number of carboxylic acid groups (broad SMARTS) is 1. The monoisotopic (exact) mass is 569 g/mol. The Labute approximate surface area is 236 Å². The highest BCUT2D eigenvalue weighted by molar-refractivity contribution is 5.98. The lowest BCUT2D eigenvalue weighted by Crippen LogP contribution is -2.36. The predicted octanol–water partition coefficient (Wildman–Crippen LogP) is 0.783. The summed E-state index contributed by atoms with van der Waals surface area (Å²) < 4.78 is 1.24. The standard InChI is InChI=1S/C28H23N7O7/c29-21-22(24(38)23(21)37)30-11-15-2-1-3-16(8-15)12-31-25(39)18-9-19(35-13-20(36)34-28(35)33-18)26(40)32-10-14-4-6-17(7-5-14)27(41)42/h1-9,13,30,36H,10-12,29H2,(H,31,39)(H,32,40)(H,41,42). The summed E-state index contributed by atoms with van der Waals surface area (Å²) in [6, 6.07) is 14.4. The second-order valence-corrected chi connectivity index (χ2v) is 9.28. The highest BCUT2D eigenvalue weighted by Gasteiger charge is 2.19. The Morgan fingerprint density at radius 3 is 2.19 bits per heavy atom. The average molecular weight is 570 g/mol. The molecule has 0 radical (unpaired) electrons. The number of nitrogens with two attached hydrogens (primary N) is 1. The number of hydrogen-bond acceptors (Lipinski definition) is 10. The number of hydrogen-bond donors (Lipinski definition) is 6. The lowest BCUT2D eigenvalue weighted by molar-refractivity contribution is 0.0696. The van der Waals surface area contributed by atoms with Gasteiger partial charge in [0.25, 0.3) is 22.7 Å². The number of benzene rings is 2. The van der Waals surface area contributed by atoms with Gasteiger partial charge in [-0.3, -0.25) is 23.6 Å². The molecule has 0 aliphatic rings. The molecule has 2 heterocycles. The third-order valence-electron chi connectivity index (χ3n) is 6.41. The Balaban J connectivity index is 1.27. The summed E-state index contributed by atoms with van der Waals surface area (Å²) in [7, 11) is 0. The number of imidazole rings is 1. The highest BCUT2D eigenvalue weighted by atomic mass is 16.4. The Kier molecular flexibility index (Phi) is 7.34. The van der Waals surface area contributed by atoms with Crippen LogP contribution in [-0.4, -0.2) is 42.4 Å². The van der Waals surface area contributed by atoms with Gasteiger partial charge >= 0.3 is 5.97 Å². The van der Waals surface area contributed by atoms with Gasteiger partial charge in [-0.05, 0) is 34.9 Å². The molecule has 3 aromatic carbocycles. The molecule has 5 rings (SSSR count). The smallest absolute Gasteiger partial charge is 0.335 e. The zero-order valence-corrected chi connectivity index (χ0v) is 21.7. The minimum absolute atomic E-state index is 0.00854. The summed E-state index contributed by atoms with van der Waals surface area (Å²) in [6.07, 6.45) is 1.19. The molecule has 14 heteroatoms. The Bertz CT molecular complexity index is 1920. The number of anilines is 2. The van der Waals surface area contributed by atoms with Crippen LogP contribution >= 0.6 is 0 Å². The van der Waals surface area contributed by atoms with Crippen LogP contribution in [0.2, 0.25) is 0 Å². The molecule has 2 aromatic heterocycles. The van der Waals surface area contributed by atoms with E-state index in [4.69, 9.17) is 10.8 Å². The largest absolute Gasteiger partial charge is 0.492 e. The molecule has 42 heavy (non-hydrogen) atoms. The van der Waals surface area contributed by atoms with Crippen molar-refractivity contribution in [1.29, 1.82) is 0 Å². The van der Waals surface area contributed by atoms with Gasteiger partial charge in [0.15, 0.2) is 0 Å². The molecular formula is C28H23N7O7. The molecule has 7 N–H and O–H groups in total. The molecule has 0 aliphatic heterocycles. The van der Waals surface area contributed by atoms with Gasteiger partial charge in [-0.25, -0.2) is 9.78 Å². The van der Waals surface area contributed by atoms with E-state index in [2.05, 4.69) is 25.9 Å². The van der Waals surface area contributed by atoms with Crippen LogP contribution in [0.3, 0.4) is 0 Å². The zero-order valence-electron chi connectivity index (χ0n) is 21.7. The summed E-state index contributed by atoms with van der Waals surface area (Å²) >= 11 is 0. The third kappa shape index (κ3) is 5.62. The topological polar surface area (TPSA) is 218 Å². The van der Waals surface area contributed by atoms with Crippen molar-refractivity contribution in [3.63, 3.8) is 0 Å². The number of amides is 2. The van der Waals surface area contributed by atoms with Crippen molar-refractivity contribution in [2.24, 2.45) is 0 Å². The SMILES string of the molecule is Nc1c(NCc2cccc(CNC(=O)c3cc(C(=O)NCc4ccc(C(=O)O)cc4)n4cc(O)nc4n3)c2)c(=O)c1=O. The van der Waals surface area contributed by atoms with E-state index in [-0.39, 0.29) is 53.7 Å². The number of carbonyl (C=O) groups excluding carboxylic acids is 2. The van der Waals surface area contributed by atoms with E-state index in [0.717, 1.165) is 11.1 Å². The van der Waals surface area contributed by atoms with E-state index < -0.39 is 34.5 Å². The minimum atomic E-state index is -1.07. The van der Waals surface area contributed by atoms with E-state index in [9.17, 15) is 29.1 Å². The van der Waals surface area contributed by atoms with E-state index in [1.54, 1.807) is 36.4 Å². The summed E-state index contributed by atoms with van der Waals surface area (Å²) in [5.41, 5.74) is 6.30. The maximum atomic E-state index is 13.1. The summed E-state index contributed by atoms with van der Waals surface area (Å²) in [5.74, 6) is -2.71. The summed E-state index contributed by atoms with van der Waals surface area (Å²) in [5, 5.41) is 27.2. The third-order valence-corrected chi connectivity index (χ3v) is 6.41. The van der Waals surface area contributed by atoms with E-state index in [1.807, 2.05) is 0 Å². The fourth-order valence-corrected chi connectivity index (χ4v) is 4.18. The number of carbonyl (C=O) groups is 3. The van der Waals surface area contributed by atoms with Crippen molar-refractivity contribution >= 4 is 34.9 Å². The zero-order chi connectivity index (χ0) is 30.0. The Hall–Kier alpha value is -6.05. The van der Waals surface area contributed by atoms with Crippen LogP contribution in [0, 0.1) is 0 Å². The summed E-state index contributed by atoms with van der Waals surface area (Å²) in [4.78, 5) is 68.0. The van der Waals surface area contributed by atoms with E-state index in [0.29, 0.717) is 5.56 Å². The second-order valence-electron chi connectivity index (χ2n) is 9.28. The molecule has 2 amide bonds. The van der Waals surface area contributed by atoms with Gasteiger partial charge < -0.3 is 31.9 Å². The fourth-order valence-electron chi connectivity index (χ4n) is 4.18. The van der Waals surface area contributed by atoms with E-state index >= 15 is 0 Å². The van der Waals surface area contributed by atoms with Crippen molar-refractivity contribution in [1.82, 2.24) is 25.0 Å². The van der Waals surface area contributed by atoms with Gasteiger partial charge in [0.2, 0.25) is 11.7 Å². The Morgan fingerprint density at radius 2 is 1.50 bits per heavy atom. The van der Waals surface area contributed by atoms with Crippen molar-refractivity contribution in [3.8, 4) is 5.88 Å². The maximum absolute atomic E-state index is 13.1. The number of nitrogen functional groups attached to an aromatic ring is 1. The first-order chi connectivity index (χ1) is 20.1. The van der Waals surface area contributed by atoms with Gasteiger partial charge in [-0.15, -0.1) is 0 Å². The summed E-state index contributed by atoms with van der Waals surface area (Å²) in [6.45, 7) is 0.417. The first-order valence-corrected chi connectivity index (χ1v) is 12.5. The number of aromatic nitrogens is 3. The molecule has 0 unspecified atom stereocenters. The normalized spacial score (nSPS) is 11.0. The molecule has 14 nitrogen and oxygen atoms in total. The number of rotatable bonds is 10. The van der Waals surface area contributed by atoms with Crippen LogP contribution in [0.5, 0.6) is 5.88 Å². The molecule has 212 valence electrons. The van der Waals surface area contributed by atoms with Crippen LogP contribution in [0.1, 0.15) is 48.0 Å². The van der Waals surface area contributed by atoms with E-state index in [1.165, 1.54) is 28.8 Å². The Morgan fingerprint density at radius 1 is 0.833 bits per heavy atom. The molecule has 0 saturated carbocycles. The molecule has 0 fully saturated rings. The van der Waals surface area contributed by atoms with Crippen LogP contribution in [0.15, 0.2) is 70.4 Å². The van der Waals surface area contributed by atoms with Crippen molar-refractivity contribution in [2.45, 2.75) is 19.6 Å². The van der Waals surface area contributed by atoms with Gasteiger partial charge in [-0.2, -0.15) is 4.98 Å². The van der Waals surface area contributed by atoms with Crippen molar-refractivity contribution < 1.29 is 24.6 Å². The maximum Gasteiger partial charge on any atom is 0.335 e. The van der Waals surface area contributed by atoms with Crippen LogP contribution in [-0.2, 0) is 19.6 Å². The lowest BCUT2D eigenvalue weighted by Gasteiger charge is -2.12. The fraction of sp³-hybridized carbons (Fsp3) is 0.107. The first kappa shape index (κ1) is 27.5. The van der Waals surface area contributed by atoms with Gasteiger partial charge in [0.05, 0.1) is 11.8 Å². The lowest BCUT2D eigenvalue weighted by atomic mass is 10.1. The number of aromatic carboxylic acids is 1. The highest BCUT2D eigenvalue weighted by Crippen LogP contribution is 2.15. The number of aromatic hydroxyl groups is 1. The van der Waals surface area contributed by atoms with Crippen LogP contribution in [0.25, 0.3) is 5.78 Å². The van der Waals surface area contributed by atoms with Crippen LogP contribution < -0.4 is 32.5 Å². The van der Waals surface area contributed by atoms with Crippen molar-refractivity contribution in [3.05, 3.63) is 115 Å². The molecule has 0 saturated heterocycles. The molecule has 5 aromatic rings. The van der Waals surface area contributed by atoms with Gasteiger partial charge in [-0.1, -0.05) is 36.4 Å². The number of carboxylic acids is 1. The molecule has 0 aliphatic carbocycles. The molecule has 0 bridgehead atoms. The second kappa shape index (κ2) is 11.2. The number of nitrogens with zero attached hydrogens (tertiary/aromatic N) is 3. The quantitative estimate of drug-likeness (QED) is 0.129. The van der Waals surface area contributed by atoms with Gasteiger partial charge in [0, 0.05) is 19.6 Å². The molecular weight excluding hydrogens is 546 g/mol. The predicted molar refractivity (Wildman–Crippen MR) is 150 cm³/mol. The number of nitrogens with one attached hydrogen (secondary N) is 3. The molecule has 0 atom stereocenters. The van der Waals surface area contributed by atoms with Crippen molar-refractivity contribution in [2.75, 3.05) is 11.1 Å².